The lowest BCUT2D eigenvalue weighted by Gasteiger charge is -2.26. The van der Waals surface area contributed by atoms with Crippen LogP contribution in [-0.4, -0.2) is 24.1 Å². The van der Waals surface area contributed by atoms with Crippen molar-refractivity contribution in [1.29, 1.82) is 0 Å². The molecule has 0 bridgehead atoms. The Morgan fingerprint density at radius 2 is 1.34 bits per heavy atom. The second kappa shape index (κ2) is 11.4. The minimum absolute atomic E-state index is 0.0443. The van der Waals surface area contributed by atoms with Gasteiger partial charge in [0.2, 0.25) is 0 Å². The smallest absolute Gasteiger partial charge is 0.320 e. The van der Waals surface area contributed by atoms with E-state index in [9.17, 15) is 9.59 Å². The quantitative estimate of drug-likeness (QED) is 0.262. The summed E-state index contributed by atoms with van der Waals surface area (Å²) < 4.78 is 11.7. The van der Waals surface area contributed by atoms with Crippen LogP contribution in [0.3, 0.4) is 0 Å². The van der Waals surface area contributed by atoms with Crippen LogP contribution in [0.2, 0.25) is 0 Å². The zero-order valence-electron chi connectivity index (χ0n) is 20.8. The maximum Gasteiger partial charge on any atom is 0.320 e. The summed E-state index contributed by atoms with van der Waals surface area (Å²) in [5.41, 5.74) is 6.73. The molecule has 0 aromatic heterocycles. The van der Waals surface area contributed by atoms with Gasteiger partial charge in [0.05, 0.1) is 0 Å². The molecule has 0 amide bonds. The number of aryl methyl sites for hydroxylation is 1. The molecule has 2 aromatic carbocycles. The third-order valence-corrected chi connectivity index (χ3v) is 8.13. The summed E-state index contributed by atoms with van der Waals surface area (Å²) in [4.78, 5) is 26.3. The fraction of sp³-hybridized carbons (Fsp3) is 0.548. The summed E-state index contributed by atoms with van der Waals surface area (Å²) >= 11 is 0. The van der Waals surface area contributed by atoms with E-state index in [1.54, 1.807) is 0 Å². The van der Waals surface area contributed by atoms with Gasteiger partial charge in [-0.3, -0.25) is 9.59 Å². The molecule has 3 aliphatic rings. The average molecular weight is 475 g/mol. The lowest BCUT2D eigenvalue weighted by molar-refractivity contribution is -0.170. The van der Waals surface area contributed by atoms with E-state index in [1.165, 1.54) is 40.7 Å². The first-order valence-electron chi connectivity index (χ1n) is 13.8. The second-order valence-electron chi connectivity index (χ2n) is 10.6. The van der Waals surface area contributed by atoms with Gasteiger partial charge in [0.25, 0.3) is 0 Å². The molecule has 0 spiro atoms. The molecule has 35 heavy (non-hydrogen) atoms. The van der Waals surface area contributed by atoms with Crippen molar-refractivity contribution in [3.63, 3.8) is 0 Å². The molecule has 0 heterocycles. The first-order chi connectivity index (χ1) is 17.2. The third-order valence-electron chi connectivity index (χ3n) is 8.13. The monoisotopic (exact) mass is 474 g/mol. The molecule has 0 saturated heterocycles. The molecule has 0 atom stereocenters. The molecule has 4 heteroatoms. The summed E-state index contributed by atoms with van der Waals surface area (Å²) in [6, 6.07) is 15.1. The van der Waals surface area contributed by atoms with Gasteiger partial charge < -0.3 is 9.47 Å². The van der Waals surface area contributed by atoms with Crippen molar-refractivity contribution in [2.45, 2.75) is 102 Å². The standard InChI is InChI=1S/C31H38O4/c32-30(34-24-14-3-1-4-15-24)28(31(33)35-25-16-5-2-6-17-25)20-10-13-22-12-9-19-27-26-18-8-7-11-23(26)21-29(22)27/h7-9,11-12,18-19,24-25,28H,1-6,10,13-17,20-21H2. The second-order valence-corrected chi connectivity index (χ2v) is 10.6. The van der Waals surface area contributed by atoms with Crippen molar-refractivity contribution in [3.05, 3.63) is 59.2 Å². The summed E-state index contributed by atoms with van der Waals surface area (Å²) in [7, 11) is 0. The number of benzene rings is 2. The van der Waals surface area contributed by atoms with Crippen LogP contribution in [-0.2, 0) is 31.9 Å². The van der Waals surface area contributed by atoms with E-state index in [0.29, 0.717) is 6.42 Å². The highest BCUT2D eigenvalue weighted by Gasteiger charge is 2.33. The molecule has 2 aromatic rings. The lowest BCUT2D eigenvalue weighted by atomic mass is 9.94. The SMILES string of the molecule is O=C(OC1CCCCC1)C(CCCc1cccc2c1Cc1ccccc1-2)C(=O)OC1CCCCC1. The number of esters is 2. The number of carbonyl (C=O) groups excluding carboxylic acids is 2. The first kappa shape index (κ1) is 24.1. The van der Waals surface area contributed by atoms with E-state index >= 15 is 0 Å². The van der Waals surface area contributed by atoms with Crippen molar-refractivity contribution in [2.24, 2.45) is 5.92 Å². The number of hydrogen-bond acceptors (Lipinski definition) is 4. The van der Waals surface area contributed by atoms with Gasteiger partial charge in [-0.2, -0.15) is 0 Å². The van der Waals surface area contributed by atoms with Crippen LogP contribution in [0.4, 0.5) is 0 Å². The number of fused-ring (bicyclic) bond motifs is 3. The van der Waals surface area contributed by atoms with E-state index in [-0.39, 0.29) is 24.1 Å². The van der Waals surface area contributed by atoms with E-state index < -0.39 is 5.92 Å². The van der Waals surface area contributed by atoms with Crippen LogP contribution >= 0.6 is 0 Å². The Morgan fingerprint density at radius 1 is 0.743 bits per heavy atom. The fourth-order valence-corrected chi connectivity index (χ4v) is 6.14. The first-order valence-corrected chi connectivity index (χ1v) is 13.8. The number of rotatable bonds is 8. The predicted molar refractivity (Wildman–Crippen MR) is 137 cm³/mol. The van der Waals surface area contributed by atoms with E-state index in [2.05, 4.69) is 42.5 Å². The van der Waals surface area contributed by atoms with Crippen LogP contribution < -0.4 is 0 Å². The molecule has 0 radical (unpaired) electrons. The summed E-state index contributed by atoms with van der Waals surface area (Å²) in [6.07, 6.45) is 13.4. The summed E-state index contributed by atoms with van der Waals surface area (Å²) in [5.74, 6) is -1.56. The molecule has 4 nitrogen and oxygen atoms in total. The molecule has 186 valence electrons. The highest BCUT2D eigenvalue weighted by molar-refractivity contribution is 5.95. The molecule has 2 saturated carbocycles. The zero-order valence-corrected chi connectivity index (χ0v) is 20.8. The summed E-state index contributed by atoms with van der Waals surface area (Å²) in [6.45, 7) is 0. The van der Waals surface area contributed by atoms with Crippen LogP contribution in [0.15, 0.2) is 42.5 Å². The highest BCUT2D eigenvalue weighted by atomic mass is 16.6. The van der Waals surface area contributed by atoms with Crippen LogP contribution in [0.25, 0.3) is 11.1 Å². The van der Waals surface area contributed by atoms with E-state index in [1.807, 2.05) is 0 Å². The Hall–Kier alpha value is -2.62. The average Bonchev–Trinajstić information content (AvgIpc) is 3.27. The maximum atomic E-state index is 13.1. The Bertz CT molecular complexity index is 998. The Morgan fingerprint density at radius 3 is 2.00 bits per heavy atom. The zero-order chi connectivity index (χ0) is 24.0. The molecular weight excluding hydrogens is 436 g/mol. The Labute approximate surface area is 209 Å². The minimum Gasteiger partial charge on any atom is -0.462 e. The van der Waals surface area contributed by atoms with Crippen LogP contribution in [0.1, 0.15) is 93.7 Å². The molecular formula is C31H38O4. The summed E-state index contributed by atoms with van der Waals surface area (Å²) in [5, 5.41) is 0. The molecule has 3 aliphatic carbocycles. The Balaban J connectivity index is 1.24. The molecule has 2 fully saturated rings. The van der Waals surface area contributed by atoms with Crippen molar-refractivity contribution in [1.82, 2.24) is 0 Å². The maximum absolute atomic E-state index is 13.1. The van der Waals surface area contributed by atoms with Gasteiger partial charge in [0.1, 0.15) is 12.2 Å². The van der Waals surface area contributed by atoms with Gasteiger partial charge in [0, 0.05) is 0 Å². The van der Waals surface area contributed by atoms with E-state index in [4.69, 9.17) is 9.47 Å². The highest BCUT2D eigenvalue weighted by Crippen LogP contribution is 2.38. The van der Waals surface area contributed by atoms with E-state index in [0.717, 1.165) is 70.6 Å². The molecule has 0 unspecified atom stereocenters. The van der Waals surface area contributed by atoms with Gasteiger partial charge >= 0.3 is 11.9 Å². The predicted octanol–water partition coefficient (Wildman–Crippen LogP) is 6.95. The van der Waals surface area contributed by atoms with Gasteiger partial charge in [-0.05, 0) is 105 Å². The van der Waals surface area contributed by atoms with Gasteiger partial charge in [-0.1, -0.05) is 55.3 Å². The topological polar surface area (TPSA) is 52.6 Å². The minimum atomic E-state index is -0.812. The number of ether oxygens (including phenoxy) is 2. The van der Waals surface area contributed by atoms with Gasteiger partial charge in [-0.25, -0.2) is 0 Å². The van der Waals surface area contributed by atoms with Crippen molar-refractivity contribution in [3.8, 4) is 11.1 Å². The normalized spacial score (nSPS) is 18.2. The van der Waals surface area contributed by atoms with Crippen LogP contribution in [0, 0.1) is 5.92 Å². The van der Waals surface area contributed by atoms with Crippen molar-refractivity contribution >= 4 is 11.9 Å². The van der Waals surface area contributed by atoms with Gasteiger partial charge in [-0.15, -0.1) is 0 Å². The molecule has 0 aliphatic heterocycles. The fourth-order valence-electron chi connectivity index (χ4n) is 6.14. The molecule has 0 N–H and O–H groups in total. The van der Waals surface area contributed by atoms with Crippen molar-refractivity contribution < 1.29 is 19.1 Å². The largest absolute Gasteiger partial charge is 0.462 e. The van der Waals surface area contributed by atoms with Crippen LogP contribution in [0.5, 0.6) is 0 Å². The lowest BCUT2D eigenvalue weighted by Crippen LogP contribution is -2.34. The number of carbonyl (C=O) groups is 2. The van der Waals surface area contributed by atoms with Crippen molar-refractivity contribution in [2.75, 3.05) is 0 Å². The molecule has 5 rings (SSSR count). The Kier molecular flexibility index (Phi) is 7.85. The third kappa shape index (κ3) is 5.79. The van der Waals surface area contributed by atoms with Gasteiger partial charge in [0.15, 0.2) is 5.92 Å². The number of hydrogen-bond donors (Lipinski definition) is 0.